The third kappa shape index (κ3) is 4.46. The van der Waals surface area contributed by atoms with Crippen LogP contribution in [0.2, 0.25) is 0 Å². The van der Waals surface area contributed by atoms with Crippen LogP contribution >= 0.6 is 0 Å². The third-order valence-electron chi connectivity index (χ3n) is 2.25. The summed E-state index contributed by atoms with van der Waals surface area (Å²) >= 11 is 0. The van der Waals surface area contributed by atoms with E-state index < -0.39 is 0 Å². The topological polar surface area (TPSA) is 64.9 Å². The Morgan fingerprint density at radius 1 is 1.39 bits per heavy atom. The predicted octanol–water partition coefficient (Wildman–Crippen LogP) is 2.19. The Morgan fingerprint density at radius 2 is 2.06 bits per heavy atom. The van der Waals surface area contributed by atoms with Crippen LogP contribution in [0.3, 0.4) is 0 Å². The van der Waals surface area contributed by atoms with Crippen molar-refractivity contribution in [3.63, 3.8) is 0 Å². The van der Waals surface area contributed by atoms with Gasteiger partial charge in [0.05, 0.1) is 17.8 Å². The molecule has 0 radical (unpaired) electrons. The van der Waals surface area contributed by atoms with Gasteiger partial charge in [0.1, 0.15) is 6.07 Å². The molecule has 4 heteroatoms. The molecule has 0 aliphatic carbocycles. The highest BCUT2D eigenvalue weighted by molar-refractivity contribution is 5.81. The molecule has 1 aromatic rings. The lowest BCUT2D eigenvalue weighted by molar-refractivity contribution is -0.120. The molecule has 0 fully saturated rings. The molecule has 0 spiro atoms. The van der Waals surface area contributed by atoms with Gasteiger partial charge in [-0.3, -0.25) is 4.79 Å². The quantitative estimate of drug-likeness (QED) is 0.858. The molecule has 0 aromatic heterocycles. The van der Waals surface area contributed by atoms with Crippen LogP contribution < -0.4 is 10.6 Å². The number of nitriles is 1. The SMILES string of the molecule is Cc1ccc(C#N)c(NCC(=O)NC(C)(C)C)c1. The van der Waals surface area contributed by atoms with Crippen molar-refractivity contribution in [2.75, 3.05) is 11.9 Å². The Balaban J connectivity index is 2.67. The first-order chi connectivity index (χ1) is 8.31. The molecule has 0 saturated carbocycles. The Hall–Kier alpha value is -2.02. The minimum Gasteiger partial charge on any atom is -0.375 e. The Morgan fingerprint density at radius 3 is 2.61 bits per heavy atom. The fourth-order valence-corrected chi connectivity index (χ4v) is 1.54. The Kier molecular flexibility index (Phi) is 4.33. The molecule has 4 nitrogen and oxygen atoms in total. The maximum Gasteiger partial charge on any atom is 0.239 e. The molecule has 0 saturated heterocycles. The van der Waals surface area contributed by atoms with Crippen LogP contribution in [0.25, 0.3) is 0 Å². The van der Waals surface area contributed by atoms with Crippen molar-refractivity contribution in [1.82, 2.24) is 5.32 Å². The first kappa shape index (κ1) is 14.0. The van der Waals surface area contributed by atoms with Gasteiger partial charge >= 0.3 is 0 Å². The van der Waals surface area contributed by atoms with E-state index in [1.807, 2.05) is 39.8 Å². The van der Waals surface area contributed by atoms with Gasteiger partial charge in [-0.25, -0.2) is 0 Å². The first-order valence-corrected chi connectivity index (χ1v) is 5.87. The number of aryl methyl sites for hydroxylation is 1. The van der Waals surface area contributed by atoms with Crippen molar-refractivity contribution in [2.45, 2.75) is 33.2 Å². The van der Waals surface area contributed by atoms with Gasteiger partial charge in [0.2, 0.25) is 5.91 Å². The first-order valence-electron chi connectivity index (χ1n) is 5.87. The van der Waals surface area contributed by atoms with Crippen molar-refractivity contribution in [3.8, 4) is 6.07 Å². The zero-order chi connectivity index (χ0) is 13.8. The number of carbonyl (C=O) groups is 1. The molecule has 0 aliphatic heterocycles. The van der Waals surface area contributed by atoms with Crippen LogP contribution in [-0.2, 0) is 4.79 Å². The maximum atomic E-state index is 11.7. The number of nitrogens with zero attached hydrogens (tertiary/aromatic N) is 1. The Bertz CT molecular complexity index is 481. The van der Waals surface area contributed by atoms with Gasteiger partial charge < -0.3 is 10.6 Å². The highest BCUT2D eigenvalue weighted by Crippen LogP contribution is 2.16. The molecular formula is C14H19N3O. The molecule has 1 rings (SSSR count). The average molecular weight is 245 g/mol. The highest BCUT2D eigenvalue weighted by Gasteiger charge is 2.13. The molecule has 0 unspecified atom stereocenters. The number of hydrogen-bond acceptors (Lipinski definition) is 3. The summed E-state index contributed by atoms with van der Waals surface area (Å²) in [5.74, 6) is -0.0899. The molecule has 18 heavy (non-hydrogen) atoms. The summed E-state index contributed by atoms with van der Waals surface area (Å²) in [6, 6.07) is 7.59. The monoisotopic (exact) mass is 245 g/mol. The van der Waals surface area contributed by atoms with Crippen LogP contribution in [0.4, 0.5) is 5.69 Å². The normalized spacial score (nSPS) is 10.6. The molecule has 0 atom stereocenters. The van der Waals surface area contributed by atoms with E-state index in [0.717, 1.165) is 5.56 Å². The van der Waals surface area contributed by atoms with Gasteiger partial charge in [-0.2, -0.15) is 5.26 Å². The van der Waals surface area contributed by atoms with Crippen molar-refractivity contribution >= 4 is 11.6 Å². The molecule has 0 bridgehead atoms. The van der Waals surface area contributed by atoms with Crippen LogP contribution in [-0.4, -0.2) is 18.0 Å². The highest BCUT2D eigenvalue weighted by atomic mass is 16.2. The van der Waals surface area contributed by atoms with E-state index in [1.54, 1.807) is 6.07 Å². The number of amides is 1. The summed E-state index contributed by atoms with van der Waals surface area (Å²) in [5, 5.41) is 14.8. The van der Waals surface area contributed by atoms with Gasteiger partial charge in [0.15, 0.2) is 0 Å². The second-order valence-corrected chi connectivity index (χ2v) is 5.31. The van der Waals surface area contributed by atoms with Gasteiger partial charge in [-0.1, -0.05) is 6.07 Å². The van der Waals surface area contributed by atoms with Gasteiger partial charge in [-0.15, -0.1) is 0 Å². The molecule has 2 N–H and O–H groups in total. The second kappa shape index (κ2) is 5.54. The van der Waals surface area contributed by atoms with Crippen LogP contribution in [0, 0.1) is 18.3 Å². The number of carbonyl (C=O) groups excluding carboxylic acids is 1. The number of anilines is 1. The van der Waals surface area contributed by atoms with E-state index in [1.165, 1.54) is 0 Å². The fraction of sp³-hybridized carbons (Fsp3) is 0.429. The van der Waals surface area contributed by atoms with Crippen LogP contribution in [0.1, 0.15) is 31.9 Å². The van der Waals surface area contributed by atoms with Crippen molar-refractivity contribution in [2.24, 2.45) is 0 Å². The minimum absolute atomic E-state index is 0.0899. The number of rotatable bonds is 3. The van der Waals surface area contributed by atoms with Crippen LogP contribution in [0.15, 0.2) is 18.2 Å². The third-order valence-corrected chi connectivity index (χ3v) is 2.25. The van der Waals surface area contributed by atoms with E-state index in [0.29, 0.717) is 11.3 Å². The zero-order valence-electron chi connectivity index (χ0n) is 11.3. The smallest absolute Gasteiger partial charge is 0.239 e. The summed E-state index contributed by atoms with van der Waals surface area (Å²) in [7, 11) is 0. The number of hydrogen-bond donors (Lipinski definition) is 2. The molecule has 0 aliphatic rings. The van der Waals surface area contributed by atoms with E-state index in [-0.39, 0.29) is 18.0 Å². The van der Waals surface area contributed by atoms with E-state index in [9.17, 15) is 4.79 Å². The largest absolute Gasteiger partial charge is 0.375 e. The van der Waals surface area contributed by atoms with Crippen molar-refractivity contribution in [1.29, 1.82) is 5.26 Å². The van der Waals surface area contributed by atoms with Gasteiger partial charge in [-0.05, 0) is 45.4 Å². The number of nitrogens with one attached hydrogen (secondary N) is 2. The fourth-order valence-electron chi connectivity index (χ4n) is 1.54. The molecular weight excluding hydrogens is 226 g/mol. The lowest BCUT2D eigenvalue weighted by Crippen LogP contribution is -2.43. The lowest BCUT2D eigenvalue weighted by Gasteiger charge is -2.21. The molecule has 0 heterocycles. The van der Waals surface area contributed by atoms with Crippen LogP contribution in [0.5, 0.6) is 0 Å². The zero-order valence-corrected chi connectivity index (χ0v) is 11.3. The van der Waals surface area contributed by atoms with Crippen molar-refractivity contribution < 1.29 is 4.79 Å². The summed E-state index contributed by atoms with van der Waals surface area (Å²) in [5.41, 5.74) is 2.04. The molecule has 1 amide bonds. The Labute approximate surface area is 108 Å². The number of benzene rings is 1. The van der Waals surface area contributed by atoms with Crippen molar-refractivity contribution in [3.05, 3.63) is 29.3 Å². The van der Waals surface area contributed by atoms with Gasteiger partial charge in [0.25, 0.3) is 0 Å². The average Bonchev–Trinajstić information content (AvgIpc) is 2.24. The summed E-state index contributed by atoms with van der Waals surface area (Å²) in [6.07, 6.45) is 0. The van der Waals surface area contributed by atoms with Gasteiger partial charge in [0, 0.05) is 5.54 Å². The molecule has 96 valence electrons. The standard InChI is InChI=1S/C14H19N3O/c1-10-5-6-11(8-15)12(7-10)16-9-13(18)17-14(2,3)4/h5-7,16H,9H2,1-4H3,(H,17,18). The lowest BCUT2D eigenvalue weighted by atomic mass is 10.1. The van der Waals surface area contributed by atoms with E-state index in [2.05, 4.69) is 16.7 Å². The summed E-state index contributed by atoms with van der Waals surface area (Å²) in [4.78, 5) is 11.7. The molecule has 1 aromatic carbocycles. The van der Waals surface area contributed by atoms with E-state index >= 15 is 0 Å². The maximum absolute atomic E-state index is 11.7. The van der Waals surface area contributed by atoms with E-state index in [4.69, 9.17) is 5.26 Å². The summed E-state index contributed by atoms with van der Waals surface area (Å²) in [6.45, 7) is 7.89. The predicted molar refractivity (Wildman–Crippen MR) is 72.3 cm³/mol. The minimum atomic E-state index is -0.247. The summed E-state index contributed by atoms with van der Waals surface area (Å²) < 4.78 is 0. The second-order valence-electron chi connectivity index (χ2n) is 5.31.